The topological polar surface area (TPSA) is 24.5 Å². The van der Waals surface area contributed by atoms with E-state index >= 15 is 0 Å². The van der Waals surface area contributed by atoms with Crippen molar-refractivity contribution in [2.75, 3.05) is 25.1 Å². The minimum absolute atomic E-state index is 0.256. The van der Waals surface area contributed by atoms with Gasteiger partial charge in [0.05, 0.1) is 12.8 Å². The third-order valence-corrected chi connectivity index (χ3v) is 4.49. The molecule has 112 valence electrons. The molecule has 0 spiro atoms. The Morgan fingerprint density at radius 3 is 2.80 bits per heavy atom. The molecule has 0 amide bonds. The van der Waals surface area contributed by atoms with Crippen LogP contribution in [0.4, 0.5) is 10.1 Å². The summed E-state index contributed by atoms with van der Waals surface area (Å²) in [7, 11) is 1.59. The van der Waals surface area contributed by atoms with Crippen LogP contribution in [0.15, 0.2) is 18.2 Å². The van der Waals surface area contributed by atoms with Gasteiger partial charge in [-0.3, -0.25) is 0 Å². The molecule has 20 heavy (non-hydrogen) atoms. The Labute approximate surface area is 121 Å². The Balaban J connectivity index is 2.22. The minimum atomic E-state index is -0.256. The number of anilines is 1. The van der Waals surface area contributed by atoms with Gasteiger partial charge in [0.15, 0.2) is 0 Å². The molecule has 1 aliphatic rings. The zero-order valence-electron chi connectivity index (χ0n) is 12.8. The van der Waals surface area contributed by atoms with Crippen LogP contribution >= 0.6 is 0 Å². The van der Waals surface area contributed by atoms with Gasteiger partial charge in [-0.2, -0.15) is 0 Å². The number of halogens is 1. The lowest BCUT2D eigenvalue weighted by molar-refractivity contribution is 0.272. The second-order valence-electron chi connectivity index (χ2n) is 5.56. The van der Waals surface area contributed by atoms with Crippen molar-refractivity contribution in [2.45, 2.75) is 39.3 Å². The first-order valence-electron chi connectivity index (χ1n) is 7.42. The molecular formula is C16H25FN2O. The molecule has 1 fully saturated rings. The number of hydrogen-bond acceptors (Lipinski definition) is 3. The van der Waals surface area contributed by atoms with Gasteiger partial charge in [0, 0.05) is 24.7 Å². The summed E-state index contributed by atoms with van der Waals surface area (Å²) in [5, 5.41) is 3.56. The van der Waals surface area contributed by atoms with E-state index in [0.29, 0.717) is 23.8 Å². The van der Waals surface area contributed by atoms with Crippen LogP contribution in [0.3, 0.4) is 0 Å². The van der Waals surface area contributed by atoms with Crippen molar-refractivity contribution in [1.29, 1.82) is 0 Å². The van der Waals surface area contributed by atoms with E-state index in [1.165, 1.54) is 12.1 Å². The van der Waals surface area contributed by atoms with Gasteiger partial charge in [-0.05, 0) is 37.9 Å². The average Bonchev–Trinajstić information content (AvgIpc) is 2.45. The summed E-state index contributed by atoms with van der Waals surface area (Å²) in [6, 6.07) is 5.74. The van der Waals surface area contributed by atoms with Crippen molar-refractivity contribution in [3.63, 3.8) is 0 Å². The molecule has 3 nitrogen and oxygen atoms in total. The SMILES string of the molecule is CCNC1CCN(c2ccc(F)cc2OC)C(C)C1C. The summed E-state index contributed by atoms with van der Waals surface area (Å²) in [6.07, 6.45) is 1.10. The van der Waals surface area contributed by atoms with Crippen LogP contribution in [0.1, 0.15) is 27.2 Å². The standard InChI is InChI=1S/C16H25FN2O/c1-5-18-14-8-9-19(12(3)11(14)2)15-7-6-13(17)10-16(15)20-4/h6-7,10-12,14,18H,5,8-9H2,1-4H3. The van der Waals surface area contributed by atoms with E-state index in [1.54, 1.807) is 7.11 Å². The van der Waals surface area contributed by atoms with Gasteiger partial charge in [0.2, 0.25) is 0 Å². The molecule has 0 aromatic heterocycles. The molecule has 1 saturated heterocycles. The molecule has 1 aromatic carbocycles. The first-order valence-corrected chi connectivity index (χ1v) is 7.42. The van der Waals surface area contributed by atoms with Gasteiger partial charge in [0.1, 0.15) is 11.6 Å². The van der Waals surface area contributed by atoms with Gasteiger partial charge in [-0.15, -0.1) is 0 Å². The molecule has 1 aromatic rings. The second kappa shape index (κ2) is 6.44. The Morgan fingerprint density at radius 2 is 2.15 bits per heavy atom. The summed E-state index contributed by atoms with van der Waals surface area (Å²) in [4.78, 5) is 2.33. The molecule has 2 rings (SSSR count). The highest BCUT2D eigenvalue weighted by atomic mass is 19.1. The van der Waals surface area contributed by atoms with Gasteiger partial charge in [-0.1, -0.05) is 13.8 Å². The molecule has 0 bridgehead atoms. The number of nitrogens with zero attached hydrogens (tertiary/aromatic N) is 1. The Hall–Kier alpha value is -1.29. The highest BCUT2D eigenvalue weighted by molar-refractivity contribution is 5.59. The summed E-state index contributed by atoms with van der Waals surface area (Å²) in [6.45, 7) is 8.62. The number of rotatable bonds is 4. The molecule has 3 atom stereocenters. The van der Waals surface area contributed by atoms with Gasteiger partial charge in [0.25, 0.3) is 0 Å². The van der Waals surface area contributed by atoms with E-state index in [1.807, 2.05) is 6.07 Å². The highest BCUT2D eigenvalue weighted by Gasteiger charge is 2.33. The minimum Gasteiger partial charge on any atom is -0.494 e. The zero-order valence-corrected chi connectivity index (χ0v) is 12.8. The molecule has 0 aliphatic carbocycles. The molecule has 1 heterocycles. The third-order valence-electron chi connectivity index (χ3n) is 4.49. The maximum absolute atomic E-state index is 13.3. The van der Waals surface area contributed by atoms with Crippen LogP contribution < -0.4 is 15.0 Å². The number of piperidine rings is 1. The third kappa shape index (κ3) is 2.90. The van der Waals surface area contributed by atoms with Crippen molar-refractivity contribution < 1.29 is 9.13 Å². The van der Waals surface area contributed by atoms with E-state index < -0.39 is 0 Å². The van der Waals surface area contributed by atoms with Crippen molar-refractivity contribution in [2.24, 2.45) is 5.92 Å². The lowest BCUT2D eigenvalue weighted by Gasteiger charge is -2.44. The molecule has 4 heteroatoms. The molecule has 1 aliphatic heterocycles. The van der Waals surface area contributed by atoms with Crippen LogP contribution in [0.25, 0.3) is 0 Å². The molecular weight excluding hydrogens is 255 g/mol. The molecule has 1 N–H and O–H groups in total. The number of benzene rings is 1. The van der Waals surface area contributed by atoms with Crippen molar-refractivity contribution in [3.8, 4) is 5.75 Å². The van der Waals surface area contributed by atoms with E-state index in [2.05, 4.69) is 31.0 Å². The van der Waals surface area contributed by atoms with E-state index in [9.17, 15) is 4.39 Å². The van der Waals surface area contributed by atoms with Gasteiger partial charge < -0.3 is 15.0 Å². The highest BCUT2D eigenvalue weighted by Crippen LogP contribution is 2.35. The van der Waals surface area contributed by atoms with E-state index in [0.717, 1.165) is 25.2 Å². The molecule has 0 saturated carbocycles. The summed E-state index contributed by atoms with van der Waals surface area (Å²) in [5.41, 5.74) is 0.989. The largest absolute Gasteiger partial charge is 0.494 e. The predicted molar refractivity (Wildman–Crippen MR) is 81.0 cm³/mol. The van der Waals surface area contributed by atoms with Crippen molar-refractivity contribution >= 4 is 5.69 Å². The van der Waals surface area contributed by atoms with Crippen molar-refractivity contribution in [1.82, 2.24) is 5.32 Å². The quantitative estimate of drug-likeness (QED) is 0.917. The zero-order chi connectivity index (χ0) is 14.7. The predicted octanol–water partition coefficient (Wildman–Crippen LogP) is 3.05. The van der Waals surface area contributed by atoms with Crippen LogP contribution in [0.5, 0.6) is 5.75 Å². The van der Waals surface area contributed by atoms with Gasteiger partial charge in [-0.25, -0.2) is 4.39 Å². The lowest BCUT2D eigenvalue weighted by atomic mass is 9.86. The van der Waals surface area contributed by atoms with E-state index in [4.69, 9.17) is 4.74 Å². The van der Waals surface area contributed by atoms with Crippen LogP contribution in [-0.2, 0) is 0 Å². The average molecular weight is 280 g/mol. The summed E-state index contributed by atoms with van der Waals surface area (Å²) >= 11 is 0. The maximum atomic E-state index is 13.3. The Bertz CT molecular complexity index is 452. The first-order chi connectivity index (χ1) is 9.58. The normalized spacial score (nSPS) is 26.6. The number of hydrogen-bond donors (Lipinski definition) is 1. The second-order valence-corrected chi connectivity index (χ2v) is 5.56. The summed E-state index contributed by atoms with van der Waals surface area (Å²) in [5.74, 6) is 0.901. The molecule has 0 radical (unpaired) electrons. The number of nitrogens with one attached hydrogen (secondary N) is 1. The number of ether oxygens (including phenoxy) is 1. The Morgan fingerprint density at radius 1 is 1.40 bits per heavy atom. The van der Waals surface area contributed by atoms with E-state index in [-0.39, 0.29) is 5.82 Å². The fraction of sp³-hybridized carbons (Fsp3) is 0.625. The van der Waals surface area contributed by atoms with Crippen molar-refractivity contribution in [3.05, 3.63) is 24.0 Å². The fourth-order valence-corrected chi connectivity index (χ4v) is 3.14. The number of methoxy groups -OCH3 is 1. The fourth-order valence-electron chi connectivity index (χ4n) is 3.14. The Kier molecular flexibility index (Phi) is 4.86. The van der Waals surface area contributed by atoms with Crippen LogP contribution in [0, 0.1) is 11.7 Å². The van der Waals surface area contributed by atoms with Crippen LogP contribution in [-0.4, -0.2) is 32.3 Å². The maximum Gasteiger partial charge on any atom is 0.145 e. The molecule has 3 unspecified atom stereocenters. The smallest absolute Gasteiger partial charge is 0.145 e. The summed E-state index contributed by atoms with van der Waals surface area (Å²) < 4.78 is 18.7. The van der Waals surface area contributed by atoms with Crippen LogP contribution in [0.2, 0.25) is 0 Å². The first kappa shape index (κ1) is 15.1. The lowest BCUT2D eigenvalue weighted by Crippen LogP contribution is -2.53. The monoisotopic (exact) mass is 280 g/mol. The van der Waals surface area contributed by atoms with Gasteiger partial charge >= 0.3 is 0 Å².